The lowest BCUT2D eigenvalue weighted by atomic mass is 10.1. The van der Waals surface area contributed by atoms with Crippen LogP contribution in [-0.4, -0.2) is 39.2 Å². The van der Waals surface area contributed by atoms with Gasteiger partial charge in [-0.15, -0.1) is 0 Å². The van der Waals surface area contributed by atoms with Crippen molar-refractivity contribution in [3.8, 4) is 0 Å². The van der Waals surface area contributed by atoms with Gasteiger partial charge in [-0.05, 0) is 39.2 Å². The van der Waals surface area contributed by atoms with Gasteiger partial charge in [-0.25, -0.2) is 9.67 Å². The van der Waals surface area contributed by atoms with Gasteiger partial charge >= 0.3 is 0 Å². The van der Waals surface area contributed by atoms with Crippen molar-refractivity contribution in [2.45, 2.75) is 45.2 Å². The van der Waals surface area contributed by atoms with Crippen LogP contribution in [0.1, 0.15) is 49.5 Å². The number of carbonyl (C=O) groups is 2. The van der Waals surface area contributed by atoms with Crippen LogP contribution in [0.15, 0.2) is 18.5 Å². The average molecular weight is 315 g/mol. The van der Waals surface area contributed by atoms with Gasteiger partial charge in [-0.1, -0.05) is 0 Å². The van der Waals surface area contributed by atoms with Crippen LogP contribution in [0.25, 0.3) is 11.0 Å². The highest BCUT2D eigenvalue weighted by molar-refractivity contribution is 5.99. The lowest BCUT2D eigenvalue weighted by molar-refractivity contribution is -0.122. The molecule has 2 aromatic rings. The fourth-order valence-electron chi connectivity index (χ4n) is 2.76. The normalized spacial score (nSPS) is 18.7. The van der Waals surface area contributed by atoms with Crippen LogP contribution >= 0.6 is 0 Å². The molecule has 1 fully saturated rings. The van der Waals surface area contributed by atoms with Gasteiger partial charge in [0.05, 0.1) is 11.8 Å². The number of hydrogen-bond acceptors (Lipinski definition) is 4. The highest BCUT2D eigenvalue weighted by Gasteiger charge is 2.23. The van der Waals surface area contributed by atoms with E-state index in [1.165, 1.54) is 6.20 Å². The van der Waals surface area contributed by atoms with E-state index in [2.05, 4.69) is 20.7 Å². The van der Waals surface area contributed by atoms with E-state index in [0.717, 1.165) is 23.9 Å². The molecule has 1 saturated heterocycles. The van der Waals surface area contributed by atoms with E-state index >= 15 is 0 Å². The van der Waals surface area contributed by atoms with Crippen LogP contribution in [0.3, 0.4) is 0 Å². The van der Waals surface area contributed by atoms with Crippen LogP contribution < -0.4 is 10.6 Å². The topological polar surface area (TPSA) is 88.9 Å². The lowest BCUT2D eigenvalue weighted by Crippen LogP contribution is -2.45. The van der Waals surface area contributed by atoms with Crippen molar-refractivity contribution in [3.05, 3.63) is 24.0 Å². The third kappa shape index (κ3) is 3.18. The second-order valence-electron chi connectivity index (χ2n) is 6.13. The van der Waals surface area contributed by atoms with Gasteiger partial charge in [-0.3, -0.25) is 9.59 Å². The molecule has 0 radical (unpaired) electrons. The molecule has 3 heterocycles. The summed E-state index contributed by atoms with van der Waals surface area (Å²) in [5.74, 6) is -0.392. The number of rotatable bonds is 3. The number of nitrogens with one attached hydrogen (secondary N) is 2. The van der Waals surface area contributed by atoms with E-state index in [1.807, 2.05) is 18.5 Å². The summed E-state index contributed by atoms with van der Waals surface area (Å²) >= 11 is 0. The monoisotopic (exact) mass is 315 g/mol. The standard InChI is InChI=1S/C16H21N5O2/c1-10(2)21-14-11(9-19-21)7-12(8-18-14)15(22)20-13-5-3-4-6-17-16(13)23/h7-10,13H,3-6H2,1-2H3,(H,17,23)(H,20,22)/t13-/m0/s1. The Morgan fingerprint density at radius 3 is 3.00 bits per heavy atom. The van der Waals surface area contributed by atoms with Gasteiger partial charge in [0.15, 0.2) is 5.65 Å². The van der Waals surface area contributed by atoms with Crippen molar-refractivity contribution in [1.82, 2.24) is 25.4 Å². The van der Waals surface area contributed by atoms with Crippen molar-refractivity contribution in [1.29, 1.82) is 0 Å². The molecule has 122 valence electrons. The number of amides is 2. The fourth-order valence-corrected chi connectivity index (χ4v) is 2.76. The molecule has 0 saturated carbocycles. The zero-order chi connectivity index (χ0) is 16.4. The molecule has 2 amide bonds. The summed E-state index contributed by atoms with van der Waals surface area (Å²) in [6, 6.07) is 1.49. The SMILES string of the molecule is CC(C)n1ncc2cc(C(=O)N[C@H]3CCCCNC3=O)cnc21. The summed E-state index contributed by atoms with van der Waals surface area (Å²) in [6.45, 7) is 4.73. The Kier molecular flexibility index (Phi) is 4.27. The van der Waals surface area contributed by atoms with Crippen molar-refractivity contribution in [3.63, 3.8) is 0 Å². The Morgan fingerprint density at radius 1 is 1.39 bits per heavy atom. The molecular formula is C16H21N5O2. The first-order valence-electron chi connectivity index (χ1n) is 7.98. The first-order chi connectivity index (χ1) is 11.1. The van der Waals surface area contributed by atoms with E-state index in [0.29, 0.717) is 18.5 Å². The molecule has 2 N–H and O–H groups in total. The number of pyridine rings is 1. The molecule has 0 unspecified atom stereocenters. The minimum atomic E-state index is -0.473. The molecular weight excluding hydrogens is 294 g/mol. The number of aromatic nitrogens is 3. The molecule has 7 heteroatoms. The van der Waals surface area contributed by atoms with Crippen LogP contribution in [0.5, 0.6) is 0 Å². The third-order valence-corrected chi connectivity index (χ3v) is 4.03. The Balaban J connectivity index is 1.79. The summed E-state index contributed by atoms with van der Waals surface area (Å²) in [5.41, 5.74) is 1.20. The smallest absolute Gasteiger partial charge is 0.253 e. The number of carbonyl (C=O) groups excluding carboxylic acids is 2. The van der Waals surface area contributed by atoms with Gasteiger partial charge in [-0.2, -0.15) is 5.10 Å². The summed E-state index contributed by atoms with van der Waals surface area (Å²) in [5, 5.41) is 10.7. The van der Waals surface area contributed by atoms with Crippen LogP contribution in [0.2, 0.25) is 0 Å². The molecule has 0 aliphatic carbocycles. The molecule has 7 nitrogen and oxygen atoms in total. The van der Waals surface area contributed by atoms with Crippen LogP contribution in [0, 0.1) is 0 Å². The zero-order valence-electron chi connectivity index (χ0n) is 13.4. The molecule has 2 aromatic heterocycles. The van der Waals surface area contributed by atoms with Crippen LogP contribution in [-0.2, 0) is 4.79 Å². The maximum Gasteiger partial charge on any atom is 0.253 e. The van der Waals surface area contributed by atoms with E-state index < -0.39 is 6.04 Å². The van der Waals surface area contributed by atoms with Gasteiger partial charge in [0, 0.05) is 24.2 Å². The summed E-state index contributed by atoms with van der Waals surface area (Å²) in [7, 11) is 0. The molecule has 1 aliphatic rings. The maximum absolute atomic E-state index is 12.4. The van der Waals surface area contributed by atoms with E-state index in [9.17, 15) is 9.59 Å². The van der Waals surface area contributed by atoms with Crippen molar-refractivity contribution in [2.75, 3.05) is 6.54 Å². The largest absolute Gasteiger partial charge is 0.354 e. The van der Waals surface area contributed by atoms with Crippen molar-refractivity contribution in [2.24, 2.45) is 0 Å². The predicted octanol–water partition coefficient (Wildman–Crippen LogP) is 1.41. The Morgan fingerprint density at radius 2 is 2.22 bits per heavy atom. The van der Waals surface area contributed by atoms with Crippen molar-refractivity contribution < 1.29 is 9.59 Å². The number of fused-ring (bicyclic) bond motifs is 1. The van der Waals surface area contributed by atoms with E-state index in [-0.39, 0.29) is 17.9 Å². The quantitative estimate of drug-likeness (QED) is 0.896. The van der Waals surface area contributed by atoms with Crippen LogP contribution in [0.4, 0.5) is 0 Å². The average Bonchev–Trinajstić information content (AvgIpc) is 2.86. The van der Waals surface area contributed by atoms with Gasteiger partial charge in [0.2, 0.25) is 5.91 Å². The Labute approximate surface area is 134 Å². The molecule has 1 aliphatic heterocycles. The van der Waals surface area contributed by atoms with Crippen molar-refractivity contribution >= 4 is 22.8 Å². The Bertz CT molecular complexity index is 737. The first-order valence-corrected chi connectivity index (χ1v) is 7.98. The lowest BCUT2D eigenvalue weighted by Gasteiger charge is -2.15. The number of nitrogens with zero attached hydrogens (tertiary/aromatic N) is 3. The van der Waals surface area contributed by atoms with Gasteiger partial charge < -0.3 is 10.6 Å². The zero-order valence-corrected chi connectivity index (χ0v) is 13.4. The molecule has 0 bridgehead atoms. The highest BCUT2D eigenvalue weighted by Crippen LogP contribution is 2.17. The molecule has 0 aromatic carbocycles. The molecule has 0 spiro atoms. The highest BCUT2D eigenvalue weighted by atomic mass is 16.2. The molecule has 1 atom stereocenters. The molecule has 3 rings (SSSR count). The fraction of sp³-hybridized carbons (Fsp3) is 0.500. The van der Waals surface area contributed by atoms with Gasteiger partial charge in [0.25, 0.3) is 5.91 Å². The second kappa shape index (κ2) is 6.36. The van der Waals surface area contributed by atoms with E-state index in [4.69, 9.17) is 0 Å². The minimum Gasteiger partial charge on any atom is -0.354 e. The third-order valence-electron chi connectivity index (χ3n) is 4.03. The van der Waals surface area contributed by atoms with Gasteiger partial charge in [0.1, 0.15) is 6.04 Å². The summed E-state index contributed by atoms with van der Waals surface area (Å²) in [4.78, 5) is 28.7. The molecule has 23 heavy (non-hydrogen) atoms. The van der Waals surface area contributed by atoms with E-state index in [1.54, 1.807) is 12.3 Å². The first kappa shape index (κ1) is 15.5. The Hall–Kier alpha value is -2.44. The summed E-state index contributed by atoms with van der Waals surface area (Å²) < 4.78 is 1.82. The predicted molar refractivity (Wildman–Crippen MR) is 86.0 cm³/mol. The minimum absolute atomic E-state index is 0.113. The number of hydrogen-bond donors (Lipinski definition) is 2. The second-order valence-corrected chi connectivity index (χ2v) is 6.13. The summed E-state index contributed by atoms with van der Waals surface area (Å²) in [6.07, 6.45) is 5.77. The maximum atomic E-state index is 12.4.